The highest BCUT2D eigenvalue weighted by molar-refractivity contribution is 5.97. The van der Waals surface area contributed by atoms with Crippen LogP contribution in [0.3, 0.4) is 0 Å². The number of para-hydroxylation sites is 1. The average molecular weight is 396 g/mol. The van der Waals surface area contributed by atoms with Crippen LogP contribution in [0.1, 0.15) is 21.5 Å². The Kier molecular flexibility index (Phi) is 5.71. The SMILES string of the molecule is O=C(N/N=C\c1ccc(OCc2cccc3ccccc23)cc1)c1ccccc1O. The van der Waals surface area contributed by atoms with E-state index in [9.17, 15) is 9.90 Å². The second kappa shape index (κ2) is 8.92. The van der Waals surface area contributed by atoms with Gasteiger partial charge in [-0.15, -0.1) is 0 Å². The third-order valence-electron chi connectivity index (χ3n) is 4.68. The Hall–Kier alpha value is -4.12. The molecule has 0 radical (unpaired) electrons. The van der Waals surface area contributed by atoms with Crippen LogP contribution < -0.4 is 10.2 Å². The molecule has 0 heterocycles. The summed E-state index contributed by atoms with van der Waals surface area (Å²) in [4.78, 5) is 12.0. The summed E-state index contributed by atoms with van der Waals surface area (Å²) >= 11 is 0. The Morgan fingerprint density at radius 1 is 0.900 bits per heavy atom. The van der Waals surface area contributed by atoms with E-state index >= 15 is 0 Å². The maximum Gasteiger partial charge on any atom is 0.275 e. The molecule has 148 valence electrons. The molecule has 0 saturated heterocycles. The van der Waals surface area contributed by atoms with E-state index < -0.39 is 5.91 Å². The molecule has 0 saturated carbocycles. The Morgan fingerprint density at radius 3 is 2.47 bits per heavy atom. The zero-order valence-electron chi connectivity index (χ0n) is 16.2. The topological polar surface area (TPSA) is 70.9 Å². The van der Waals surface area contributed by atoms with Crippen LogP contribution in [-0.2, 0) is 6.61 Å². The van der Waals surface area contributed by atoms with Crippen molar-refractivity contribution < 1.29 is 14.6 Å². The van der Waals surface area contributed by atoms with Crippen molar-refractivity contribution in [1.82, 2.24) is 5.43 Å². The van der Waals surface area contributed by atoms with E-state index in [4.69, 9.17) is 4.74 Å². The van der Waals surface area contributed by atoms with Crippen LogP contribution in [0.5, 0.6) is 11.5 Å². The van der Waals surface area contributed by atoms with Crippen LogP contribution in [-0.4, -0.2) is 17.2 Å². The van der Waals surface area contributed by atoms with E-state index in [-0.39, 0.29) is 11.3 Å². The molecule has 4 rings (SSSR count). The molecule has 2 N–H and O–H groups in total. The van der Waals surface area contributed by atoms with Crippen molar-refractivity contribution in [2.75, 3.05) is 0 Å². The lowest BCUT2D eigenvalue weighted by Crippen LogP contribution is -2.17. The Bertz CT molecular complexity index is 1200. The number of phenolic OH excluding ortho intramolecular Hbond substituents is 1. The summed E-state index contributed by atoms with van der Waals surface area (Å²) in [6.45, 7) is 0.478. The number of rotatable bonds is 6. The zero-order valence-corrected chi connectivity index (χ0v) is 16.2. The highest BCUT2D eigenvalue weighted by atomic mass is 16.5. The van der Waals surface area contributed by atoms with Gasteiger partial charge in [-0.2, -0.15) is 5.10 Å². The first-order valence-electron chi connectivity index (χ1n) is 9.51. The van der Waals surface area contributed by atoms with E-state index in [2.05, 4.69) is 34.8 Å². The first-order valence-corrected chi connectivity index (χ1v) is 9.51. The molecule has 5 heteroatoms. The number of hydrogen-bond acceptors (Lipinski definition) is 4. The minimum absolute atomic E-state index is 0.0853. The molecule has 5 nitrogen and oxygen atoms in total. The van der Waals surface area contributed by atoms with Crippen molar-refractivity contribution in [2.24, 2.45) is 5.10 Å². The number of ether oxygens (including phenoxy) is 1. The predicted molar refractivity (Wildman–Crippen MR) is 118 cm³/mol. The van der Waals surface area contributed by atoms with Crippen LogP contribution in [0.15, 0.2) is 96.1 Å². The van der Waals surface area contributed by atoms with Crippen LogP contribution in [0, 0.1) is 0 Å². The third kappa shape index (κ3) is 4.47. The fraction of sp³-hybridized carbons (Fsp3) is 0.0400. The molecule has 0 bridgehead atoms. The number of benzene rings is 4. The molecule has 0 aliphatic rings. The molecule has 0 fully saturated rings. The van der Waals surface area contributed by atoms with Gasteiger partial charge in [0.05, 0.1) is 11.8 Å². The van der Waals surface area contributed by atoms with Crippen LogP contribution in [0.2, 0.25) is 0 Å². The summed E-state index contributed by atoms with van der Waals surface area (Å²) in [7, 11) is 0. The summed E-state index contributed by atoms with van der Waals surface area (Å²) in [6.07, 6.45) is 1.53. The van der Waals surface area contributed by atoms with Crippen LogP contribution in [0.25, 0.3) is 10.8 Å². The number of hydrogen-bond donors (Lipinski definition) is 2. The van der Waals surface area contributed by atoms with Gasteiger partial charge < -0.3 is 9.84 Å². The highest BCUT2D eigenvalue weighted by Crippen LogP contribution is 2.21. The minimum Gasteiger partial charge on any atom is -0.507 e. The summed E-state index contributed by atoms with van der Waals surface area (Å²) < 4.78 is 5.93. The molecule has 0 aliphatic carbocycles. The second-order valence-electron chi connectivity index (χ2n) is 6.71. The average Bonchev–Trinajstić information content (AvgIpc) is 2.79. The molecule has 1 amide bonds. The second-order valence-corrected chi connectivity index (χ2v) is 6.71. The molecule has 4 aromatic rings. The Morgan fingerprint density at radius 2 is 1.63 bits per heavy atom. The molecular weight excluding hydrogens is 376 g/mol. The van der Waals surface area contributed by atoms with Gasteiger partial charge in [-0.05, 0) is 58.3 Å². The first-order chi connectivity index (χ1) is 14.7. The lowest BCUT2D eigenvalue weighted by molar-refractivity contribution is 0.0952. The van der Waals surface area contributed by atoms with Gasteiger partial charge in [0.15, 0.2) is 0 Å². The van der Waals surface area contributed by atoms with E-state index in [1.54, 1.807) is 12.1 Å². The number of phenols is 1. The van der Waals surface area contributed by atoms with Gasteiger partial charge in [-0.1, -0.05) is 54.6 Å². The van der Waals surface area contributed by atoms with Gasteiger partial charge in [-0.3, -0.25) is 4.79 Å². The molecule has 0 aliphatic heterocycles. The lowest BCUT2D eigenvalue weighted by atomic mass is 10.1. The first kappa shape index (κ1) is 19.2. The summed E-state index contributed by atoms with van der Waals surface area (Å²) in [5, 5.41) is 16.0. The van der Waals surface area contributed by atoms with Crippen molar-refractivity contribution >= 4 is 22.9 Å². The largest absolute Gasteiger partial charge is 0.507 e. The maximum absolute atomic E-state index is 12.0. The zero-order chi connectivity index (χ0) is 20.8. The molecule has 0 atom stereocenters. The van der Waals surface area contributed by atoms with Gasteiger partial charge in [0.25, 0.3) is 5.91 Å². The third-order valence-corrected chi connectivity index (χ3v) is 4.68. The number of hydrazone groups is 1. The Balaban J connectivity index is 1.35. The van der Waals surface area contributed by atoms with Gasteiger partial charge in [0.2, 0.25) is 0 Å². The fourth-order valence-corrected chi connectivity index (χ4v) is 3.12. The summed E-state index contributed by atoms with van der Waals surface area (Å²) in [5.74, 6) is 0.190. The predicted octanol–water partition coefficient (Wildman–Crippen LogP) is 4.89. The molecule has 4 aromatic carbocycles. The van der Waals surface area contributed by atoms with Gasteiger partial charge >= 0.3 is 0 Å². The van der Waals surface area contributed by atoms with E-state index in [1.165, 1.54) is 29.1 Å². The summed E-state index contributed by atoms with van der Waals surface area (Å²) in [5.41, 5.74) is 4.52. The van der Waals surface area contributed by atoms with Crippen molar-refractivity contribution in [3.63, 3.8) is 0 Å². The van der Waals surface area contributed by atoms with Crippen LogP contribution >= 0.6 is 0 Å². The smallest absolute Gasteiger partial charge is 0.275 e. The highest BCUT2D eigenvalue weighted by Gasteiger charge is 2.08. The van der Waals surface area contributed by atoms with E-state index in [0.29, 0.717) is 6.61 Å². The van der Waals surface area contributed by atoms with Gasteiger partial charge in [-0.25, -0.2) is 5.43 Å². The van der Waals surface area contributed by atoms with Crippen molar-refractivity contribution in [2.45, 2.75) is 6.61 Å². The number of fused-ring (bicyclic) bond motifs is 1. The molecule has 0 unspecified atom stereocenters. The van der Waals surface area contributed by atoms with Gasteiger partial charge in [0.1, 0.15) is 18.1 Å². The van der Waals surface area contributed by atoms with Crippen molar-refractivity contribution in [3.8, 4) is 11.5 Å². The van der Waals surface area contributed by atoms with Crippen molar-refractivity contribution in [3.05, 3.63) is 108 Å². The van der Waals surface area contributed by atoms with Gasteiger partial charge in [0, 0.05) is 0 Å². The molecular formula is C25H20N2O3. The quantitative estimate of drug-likeness (QED) is 0.360. The fourth-order valence-electron chi connectivity index (χ4n) is 3.12. The lowest BCUT2D eigenvalue weighted by Gasteiger charge is -2.09. The normalized spacial score (nSPS) is 10.9. The maximum atomic E-state index is 12.0. The monoisotopic (exact) mass is 396 g/mol. The standard InChI is InChI=1S/C25H20N2O3/c28-24-11-4-3-10-23(24)25(29)27-26-16-18-12-14-21(15-13-18)30-17-20-8-5-7-19-6-1-2-9-22(19)20/h1-16,28H,17H2,(H,27,29)/b26-16-. The number of amides is 1. The molecule has 0 aromatic heterocycles. The number of carbonyl (C=O) groups excluding carboxylic acids is 1. The Labute approximate surface area is 174 Å². The summed E-state index contributed by atoms with van der Waals surface area (Å²) in [6, 6.07) is 28.2. The van der Waals surface area contributed by atoms with Crippen LogP contribution in [0.4, 0.5) is 0 Å². The van der Waals surface area contributed by atoms with E-state index in [1.807, 2.05) is 42.5 Å². The number of nitrogens with zero attached hydrogens (tertiary/aromatic N) is 1. The number of aromatic hydroxyl groups is 1. The van der Waals surface area contributed by atoms with Crippen molar-refractivity contribution in [1.29, 1.82) is 0 Å². The number of carbonyl (C=O) groups is 1. The minimum atomic E-state index is -0.473. The molecule has 30 heavy (non-hydrogen) atoms. The number of nitrogens with one attached hydrogen (secondary N) is 1. The van der Waals surface area contributed by atoms with E-state index in [0.717, 1.165) is 16.9 Å². The molecule has 0 spiro atoms.